The van der Waals surface area contributed by atoms with Gasteiger partial charge in [-0.25, -0.2) is 13.1 Å². The third-order valence-electron chi connectivity index (χ3n) is 3.27. The maximum Gasteiger partial charge on any atom is 0.208 e. The van der Waals surface area contributed by atoms with E-state index >= 15 is 0 Å². The van der Waals surface area contributed by atoms with Crippen LogP contribution in [0.2, 0.25) is 0 Å². The van der Waals surface area contributed by atoms with E-state index in [4.69, 9.17) is 0 Å². The first-order valence-corrected chi connectivity index (χ1v) is 9.10. The van der Waals surface area contributed by atoms with Crippen LogP contribution in [0.1, 0.15) is 33.6 Å². The van der Waals surface area contributed by atoms with Gasteiger partial charge in [0.2, 0.25) is 10.0 Å². The molecular formula is C13H28N4O2S. The topological polar surface area (TPSA) is 73.8 Å². The van der Waals surface area contributed by atoms with Crippen molar-refractivity contribution in [1.82, 2.24) is 14.9 Å². The van der Waals surface area contributed by atoms with E-state index in [1.54, 1.807) is 0 Å². The summed E-state index contributed by atoms with van der Waals surface area (Å²) in [4.78, 5) is 6.86. The number of rotatable bonds is 6. The second kappa shape index (κ2) is 7.26. The minimum Gasteiger partial charge on any atom is -0.357 e. The van der Waals surface area contributed by atoms with Gasteiger partial charge in [0.15, 0.2) is 5.96 Å². The third kappa shape index (κ3) is 6.56. The zero-order chi connectivity index (χ0) is 15.2. The smallest absolute Gasteiger partial charge is 0.208 e. The lowest BCUT2D eigenvalue weighted by Crippen LogP contribution is -2.40. The van der Waals surface area contributed by atoms with E-state index in [0.717, 1.165) is 25.6 Å². The van der Waals surface area contributed by atoms with Gasteiger partial charge in [0.05, 0.1) is 6.26 Å². The fourth-order valence-electron chi connectivity index (χ4n) is 2.24. The van der Waals surface area contributed by atoms with Crippen molar-refractivity contribution in [3.8, 4) is 0 Å². The molecule has 0 atom stereocenters. The summed E-state index contributed by atoms with van der Waals surface area (Å²) in [7, 11) is -3.09. The van der Waals surface area contributed by atoms with Gasteiger partial charge in [0, 0.05) is 32.7 Å². The zero-order valence-electron chi connectivity index (χ0n) is 13.1. The lowest BCUT2D eigenvalue weighted by atomic mass is 9.93. The van der Waals surface area contributed by atoms with Crippen molar-refractivity contribution in [2.45, 2.75) is 33.6 Å². The first-order chi connectivity index (χ1) is 9.23. The molecular weight excluding hydrogens is 276 g/mol. The van der Waals surface area contributed by atoms with Crippen molar-refractivity contribution < 1.29 is 8.42 Å². The highest BCUT2D eigenvalue weighted by molar-refractivity contribution is 7.88. The quantitative estimate of drug-likeness (QED) is 0.429. The van der Waals surface area contributed by atoms with Crippen LogP contribution in [0.4, 0.5) is 0 Å². The SMILES string of the molecule is CCNC(=NCCCNS(C)(=O)=O)N1CCC(C)(C)C1. The van der Waals surface area contributed by atoms with Gasteiger partial charge in [0.25, 0.3) is 0 Å². The molecule has 0 amide bonds. The van der Waals surface area contributed by atoms with Crippen LogP contribution in [0.15, 0.2) is 4.99 Å². The second-order valence-corrected chi connectivity index (χ2v) is 7.92. The largest absolute Gasteiger partial charge is 0.357 e. The summed E-state index contributed by atoms with van der Waals surface area (Å²) in [6.07, 6.45) is 3.05. The van der Waals surface area contributed by atoms with Crippen LogP contribution in [0.25, 0.3) is 0 Å². The van der Waals surface area contributed by atoms with E-state index in [1.807, 2.05) is 0 Å². The Balaban J connectivity index is 2.43. The molecule has 0 bridgehead atoms. The molecule has 20 heavy (non-hydrogen) atoms. The Morgan fingerprint density at radius 2 is 2.10 bits per heavy atom. The van der Waals surface area contributed by atoms with Crippen molar-refractivity contribution in [3.63, 3.8) is 0 Å². The molecule has 1 rings (SSSR count). The Hall–Kier alpha value is -0.820. The lowest BCUT2D eigenvalue weighted by molar-refractivity contribution is 0.370. The monoisotopic (exact) mass is 304 g/mol. The van der Waals surface area contributed by atoms with Gasteiger partial charge in [-0.15, -0.1) is 0 Å². The predicted molar refractivity (Wildman–Crippen MR) is 83.4 cm³/mol. The molecule has 0 aromatic carbocycles. The molecule has 1 aliphatic rings. The van der Waals surface area contributed by atoms with Crippen LogP contribution >= 0.6 is 0 Å². The summed E-state index contributed by atoms with van der Waals surface area (Å²) in [5.41, 5.74) is 0.341. The molecule has 118 valence electrons. The Kier molecular flexibility index (Phi) is 6.26. The molecule has 0 spiro atoms. The molecule has 0 aromatic heterocycles. The summed E-state index contributed by atoms with van der Waals surface area (Å²) in [6, 6.07) is 0. The van der Waals surface area contributed by atoms with Gasteiger partial charge in [0.1, 0.15) is 0 Å². The van der Waals surface area contributed by atoms with Gasteiger partial charge in [-0.2, -0.15) is 0 Å². The summed E-state index contributed by atoms with van der Waals surface area (Å²) < 4.78 is 24.4. The highest BCUT2D eigenvalue weighted by Gasteiger charge is 2.30. The third-order valence-corrected chi connectivity index (χ3v) is 4.00. The summed E-state index contributed by atoms with van der Waals surface area (Å²) in [6.45, 7) is 10.5. The van der Waals surface area contributed by atoms with Crippen LogP contribution in [-0.2, 0) is 10.0 Å². The molecule has 1 aliphatic heterocycles. The molecule has 0 unspecified atom stereocenters. The van der Waals surface area contributed by atoms with E-state index in [0.29, 0.717) is 24.9 Å². The molecule has 7 heteroatoms. The molecule has 0 aliphatic carbocycles. The summed E-state index contributed by atoms with van der Waals surface area (Å²) >= 11 is 0. The normalized spacial score (nSPS) is 19.4. The van der Waals surface area contributed by atoms with Crippen LogP contribution in [0.5, 0.6) is 0 Å². The number of hydrogen-bond donors (Lipinski definition) is 2. The molecule has 0 radical (unpaired) electrons. The highest BCUT2D eigenvalue weighted by atomic mass is 32.2. The predicted octanol–water partition coefficient (Wildman–Crippen LogP) is 0.623. The molecule has 2 N–H and O–H groups in total. The Labute approximate surface area is 123 Å². The molecule has 0 saturated carbocycles. The molecule has 6 nitrogen and oxygen atoms in total. The molecule has 1 heterocycles. The van der Waals surface area contributed by atoms with Gasteiger partial charge < -0.3 is 10.2 Å². The first kappa shape index (κ1) is 17.2. The van der Waals surface area contributed by atoms with E-state index < -0.39 is 10.0 Å². The van der Waals surface area contributed by atoms with Crippen molar-refractivity contribution >= 4 is 16.0 Å². The van der Waals surface area contributed by atoms with Crippen molar-refractivity contribution in [3.05, 3.63) is 0 Å². The fraction of sp³-hybridized carbons (Fsp3) is 0.923. The Morgan fingerprint density at radius 1 is 1.40 bits per heavy atom. The number of aliphatic imine (C=N–C) groups is 1. The second-order valence-electron chi connectivity index (χ2n) is 6.09. The van der Waals surface area contributed by atoms with Crippen LogP contribution in [-0.4, -0.2) is 58.3 Å². The van der Waals surface area contributed by atoms with E-state index in [1.165, 1.54) is 12.7 Å². The average molecular weight is 304 g/mol. The molecule has 0 aromatic rings. The lowest BCUT2D eigenvalue weighted by Gasteiger charge is -2.23. The zero-order valence-corrected chi connectivity index (χ0v) is 13.9. The number of likely N-dealkylation sites (tertiary alicyclic amines) is 1. The Bertz CT molecular complexity index is 432. The van der Waals surface area contributed by atoms with Crippen LogP contribution in [0, 0.1) is 5.41 Å². The van der Waals surface area contributed by atoms with Crippen LogP contribution in [0.3, 0.4) is 0 Å². The number of guanidine groups is 1. The number of sulfonamides is 1. The number of nitrogens with zero attached hydrogens (tertiary/aromatic N) is 2. The van der Waals surface area contributed by atoms with Crippen molar-refractivity contribution in [1.29, 1.82) is 0 Å². The maximum absolute atomic E-state index is 10.9. The van der Waals surface area contributed by atoms with E-state index in [9.17, 15) is 8.42 Å². The molecule has 1 saturated heterocycles. The summed E-state index contributed by atoms with van der Waals surface area (Å²) in [5, 5.41) is 3.31. The first-order valence-electron chi connectivity index (χ1n) is 7.21. The van der Waals surface area contributed by atoms with Gasteiger partial charge in [-0.05, 0) is 25.2 Å². The van der Waals surface area contributed by atoms with E-state index in [-0.39, 0.29) is 0 Å². The van der Waals surface area contributed by atoms with Crippen LogP contribution < -0.4 is 10.0 Å². The van der Waals surface area contributed by atoms with Crippen molar-refractivity contribution in [2.75, 3.05) is 39.0 Å². The standard InChI is InChI=1S/C13H28N4O2S/c1-5-14-12(17-10-7-13(2,3)11-17)15-8-6-9-16-20(4,18)19/h16H,5-11H2,1-4H3,(H,14,15). The number of nitrogens with one attached hydrogen (secondary N) is 2. The highest BCUT2D eigenvalue weighted by Crippen LogP contribution is 2.28. The number of hydrogen-bond acceptors (Lipinski definition) is 3. The Morgan fingerprint density at radius 3 is 2.60 bits per heavy atom. The fourth-order valence-corrected chi connectivity index (χ4v) is 2.76. The molecule has 1 fully saturated rings. The van der Waals surface area contributed by atoms with Gasteiger partial charge in [-0.3, -0.25) is 4.99 Å². The minimum absolute atomic E-state index is 0.341. The van der Waals surface area contributed by atoms with Crippen molar-refractivity contribution in [2.24, 2.45) is 10.4 Å². The van der Waals surface area contributed by atoms with Gasteiger partial charge in [-0.1, -0.05) is 13.8 Å². The van der Waals surface area contributed by atoms with E-state index in [2.05, 4.69) is 40.7 Å². The average Bonchev–Trinajstić information content (AvgIpc) is 2.66. The summed E-state index contributed by atoms with van der Waals surface area (Å²) in [5.74, 6) is 0.942. The van der Waals surface area contributed by atoms with Gasteiger partial charge >= 0.3 is 0 Å². The maximum atomic E-state index is 10.9. The minimum atomic E-state index is -3.09.